The second-order valence-corrected chi connectivity index (χ2v) is 4.85. The molecule has 0 radical (unpaired) electrons. The maximum absolute atomic E-state index is 13.4. The van der Waals surface area contributed by atoms with E-state index in [0.717, 1.165) is 5.52 Å². The Bertz CT molecular complexity index is 873. The lowest BCUT2D eigenvalue weighted by Crippen LogP contribution is -2.21. The number of carbonyl (C=O) groups is 2. The normalized spacial score (nSPS) is 10.5. The molecule has 3 rings (SSSR count). The van der Waals surface area contributed by atoms with E-state index in [9.17, 15) is 14.0 Å². The van der Waals surface area contributed by atoms with E-state index < -0.39 is 24.3 Å². The summed E-state index contributed by atoms with van der Waals surface area (Å²) >= 11 is 0. The summed E-state index contributed by atoms with van der Waals surface area (Å²) in [6.07, 6.45) is 1.53. The van der Waals surface area contributed by atoms with Gasteiger partial charge in [0.25, 0.3) is 5.91 Å². The molecule has 0 atom stereocenters. The molecule has 5 nitrogen and oxygen atoms in total. The number of carbonyl (C=O) groups excluding carboxylic acids is 2. The third kappa shape index (κ3) is 3.21. The summed E-state index contributed by atoms with van der Waals surface area (Å²) in [7, 11) is 0. The van der Waals surface area contributed by atoms with Crippen LogP contribution in [0, 0.1) is 5.82 Å². The van der Waals surface area contributed by atoms with Gasteiger partial charge in [-0.05, 0) is 18.2 Å². The van der Waals surface area contributed by atoms with Crippen molar-refractivity contribution in [3.63, 3.8) is 0 Å². The molecule has 0 bridgehead atoms. The van der Waals surface area contributed by atoms with E-state index >= 15 is 0 Å². The van der Waals surface area contributed by atoms with Crippen molar-refractivity contribution in [1.29, 1.82) is 0 Å². The van der Waals surface area contributed by atoms with Gasteiger partial charge in [0.15, 0.2) is 6.61 Å². The molecule has 23 heavy (non-hydrogen) atoms. The average molecular weight is 312 g/mol. The molecule has 2 N–H and O–H groups in total. The number of hydrogen-bond donors (Lipinski definition) is 2. The SMILES string of the molecule is O=C(COC(=O)c1c[nH]c2ccccc12)Nc1ccccc1F. The van der Waals surface area contributed by atoms with Crippen LogP contribution >= 0.6 is 0 Å². The number of aromatic nitrogens is 1. The molecule has 0 unspecified atom stereocenters. The third-order valence-electron chi connectivity index (χ3n) is 3.29. The van der Waals surface area contributed by atoms with Crippen molar-refractivity contribution in [3.05, 3.63) is 66.1 Å². The molecular weight excluding hydrogens is 299 g/mol. The van der Waals surface area contributed by atoms with Gasteiger partial charge in [0.1, 0.15) is 5.82 Å². The highest BCUT2D eigenvalue weighted by Gasteiger charge is 2.15. The van der Waals surface area contributed by atoms with Gasteiger partial charge in [-0.15, -0.1) is 0 Å². The zero-order chi connectivity index (χ0) is 16.2. The van der Waals surface area contributed by atoms with Crippen LogP contribution in [0.3, 0.4) is 0 Å². The van der Waals surface area contributed by atoms with E-state index in [4.69, 9.17) is 4.74 Å². The monoisotopic (exact) mass is 312 g/mol. The number of nitrogens with one attached hydrogen (secondary N) is 2. The molecule has 6 heteroatoms. The van der Waals surface area contributed by atoms with Crippen LogP contribution in [0.2, 0.25) is 0 Å². The van der Waals surface area contributed by atoms with Crippen LogP contribution in [-0.4, -0.2) is 23.5 Å². The molecule has 1 aromatic heterocycles. The van der Waals surface area contributed by atoms with Crippen LogP contribution in [0.25, 0.3) is 10.9 Å². The van der Waals surface area contributed by atoms with E-state index in [1.807, 2.05) is 12.1 Å². The van der Waals surface area contributed by atoms with E-state index in [2.05, 4.69) is 10.3 Å². The fraction of sp³-hybridized carbons (Fsp3) is 0.0588. The number of aromatic amines is 1. The summed E-state index contributed by atoms with van der Waals surface area (Å²) in [5.41, 5.74) is 1.19. The van der Waals surface area contributed by atoms with Crippen molar-refractivity contribution in [2.45, 2.75) is 0 Å². The Kier molecular flexibility index (Phi) is 4.05. The van der Waals surface area contributed by atoms with Crippen molar-refractivity contribution >= 4 is 28.5 Å². The highest BCUT2D eigenvalue weighted by Crippen LogP contribution is 2.18. The molecule has 0 aliphatic heterocycles. The number of anilines is 1. The predicted octanol–water partition coefficient (Wildman–Crippen LogP) is 3.10. The molecule has 0 saturated carbocycles. The molecular formula is C17H13FN2O3. The maximum atomic E-state index is 13.4. The molecule has 3 aromatic rings. The predicted molar refractivity (Wildman–Crippen MR) is 83.6 cm³/mol. The van der Waals surface area contributed by atoms with E-state index in [0.29, 0.717) is 10.9 Å². The van der Waals surface area contributed by atoms with Crippen molar-refractivity contribution < 1.29 is 18.7 Å². The molecule has 0 spiro atoms. The zero-order valence-electron chi connectivity index (χ0n) is 12.0. The van der Waals surface area contributed by atoms with Crippen LogP contribution in [0.5, 0.6) is 0 Å². The van der Waals surface area contributed by atoms with Crippen LogP contribution in [0.4, 0.5) is 10.1 Å². The van der Waals surface area contributed by atoms with Gasteiger partial charge in [-0.2, -0.15) is 0 Å². The summed E-state index contributed by atoms with van der Waals surface area (Å²) in [4.78, 5) is 26.7. The summed E-state index contributed by atoms with van der Waals surface area (Å²) in [5, 5.41) is 3.06. The first kappa shape index (κ1) is 14.8. The summed E-state index contributed by atoms with van der Waals surface area (Å²) < 4.78 is 18.4. The van der Waals surface area contributed by atoms with Gasteiger partial charge in [0, 0.05) is 17.1 Å². The first-order chi connectivity index (χ1) is 11.1. The molecule has 1 heterocycles. The third-order valence-corrected chi connectivity index (χ3v) is 3.29. The first-order valence-electron chi connectivity index (χ1n) is 6.93. The highest BCUT2D eigenvalue weighted by atomic mass is 19.1. The number of amides is 1. The van der Waals surface area contributed by atoms with E-state index in [1.165, 1.54) is 24.4 Å². The number of rotatable bonds is 4. The van der Waals surface area contributed by atoms with E-state index in [-0.39, 0.29) is 5.69 Å². The van der Waals surface area contributed by atoms with Crippen molar-refractivity contribution in [1.82, 2.24) is 4.98 Å². The summed E-state index contributed by atoms with van der Waals surface area (Å²) in [6, 6.07) is 13.0. The lowest BCUT2D eigenvalue weighted by Gasteiger charge is -2.07. The first-order valence-corrected chi connectivity index (χ1v) is 6.93. The quantitative estimate of drug-likeness (QED) is 0.727. The van der Waals surface area contributed by atoms with Gasteiger partial charge in [0.2, 0.25) is 0 Å². The summed E-state index contributed by atoms with van der Waals surface area (Å²) in [5.74, 6) is -1.78. The summed E-state index contributed by atoms with van der Waals surface area (Å²) in [6.45, 7) is -0.493. The minimum Gasteiger partial charge on any atom is -0.452 e. The second kappa shape index (κ2) is 6.31. The van der Waals surface area contributed by atoms with Crippen molar-refractivity contribution in [3.8, 4) is 0 Å². The Hall–Kier alpha value is -3.15. The Balaban J connectivity index is 1.63. The Labute approximate surface area is 131 Å². The number of ether oxygens (including phenoxy) is 1. The minimum absolute atomic E-state index is 0.0423. The van der Waals surface area contributed by atoms with Crippen LogP contribution in [0.1, 0.15) is 10.4 Å². The standard InChI is InChI=1S/C17H13FN2O3/c18-13-6-2-4-8-15(13)20-16(21)10-23-17(22)12-9-19-14-7-3-1-5-11(12)14/h1-9,19H,10H2,(H,20,21). The minimum atomic E-state index is -0.619. The number of hydrogen-bond acceptors (Lipinski definition) is 3. The van der Waals surface area contributed by atoms with Gasteiger partial charge in [-0.3, -0.25) is 4.79 Å². The second-order valence-electron chi connectivity index (χ2n) is 4.85. The Morgan fingerprint density at radius 1 is 1.09 bits per heavy atom. The molecule has 2 aromatic carbocycles. The molecule has 0 fully saturated rings. The number of benzene rings is 2. The Morgan fingerprint density at radius 3 is 2.65 bits per heavy atom. The van der Waals surface area contributed by atoms with Crippen LogP contribution in [-0.2, 0) is 9.53 Å². The fourth-order valence-corrected chi connectivity index (χ4v) is 2.20. The smallest absolute Gasteiger partial charge is 0.340 e. The van der Waals surface area contributed by atoms with Crippen LogP contribution < -0.4 is 5.32 Å². The Morgan fingerprint density at radius 2 is 1.83 bits per heavy atom. The lowest BCUT2D eigenvalue weighted by molar-refractivity contribution is -0.119. The largest absolute Gasteiger partial charge is 0.452 e. The van der Waals surface area contributed by atoms with Crippen molar-refractivity contribution in [2.24, 2.45) is 0 Å². The molecule has 0 saturated heterocycles. The van der Waals surface area contributed by atoms with Gasteiger partial charge in [-0.1, -0.05) is 30.3 Å². The number of fused-ring (bicyclic) bond motifs is 1. The van der Waals surface area contributed by atoms with Gasteiger partial charge < -0.3 is 15.0 Å². The lowest BCUT2D eigenvalue weighted by atomic mass is 10.2. The topological polar surface area (TPSA) is 71.2 Å². The number of H-pyrrole nitrogens is 1. The maximum Gasteiger partial charge on any atom is 0.340 e. The van der Waals surface area contributed by atoms with Gasteiger partial charge >= 0.3 is 5.97 Å². The van der Waals surface area contributed by atoms with Crippen molar-refractivity contribution in [2.75, 3.05) is 11.9 Å². The number of halogens is 1. The highest BCUT2D eigenvalue weighted by molar-refractivity contribution is 6.05. The van der Waals surface area contributed by atoms with Gasteiger partial charge in [0.05, 0.1) is 11.3 Å². The zero-order valence-corrected chi connectivity index (χ0v) is 12.0. The molecule has 0 aliphatic rings. The molecule has 0 aliphatic carbocycles. The number of para-hydroxylation sites is 2. The van der Waals surface area contributed by atoms with E-state index in [1.54, 1.807) is 18.2 Å². The molecule has 1 amide bonds. The molecule has 116 valence electrons. The number of esters is 1. The van der Waals surface area contributed by atoms with Crippen LogP contribution in [0.15, 0.2) is 54.7 Å². The average Bonchev–Trinajstić information content (AvgIpc) is 2.99. The fourth-order valence-electron chi connectivity index (χ4n) is 2.20. The van der Waals surface area contributed by atoms with Gasteiger partial charge in [-0.25, -0.2) is 9.18 Å².